The Kier molecular flexibility index (Phi) is 4.62. The molecule has 0 amide bonds. The lowest BCUT2D eigenvalue weighted by Gasteiger charge is -2.08. The van der Waals surface area contributed by atoms with Crippen LogP contribution in [-0.2, 0) is 6.54 Å². The fraction of sp³-hybridized carbons (Fsp3) is 0.231. The van der Waals surface area contributed by atoms with Crippen LogP contribution in [0.4, 0.5) is 0 Å². The summed E-state index contributed by atoms with van der Waals surface area (Å²) in [7, 11) is 0. The van der Waals surface area contributed by atoms with Gasteiger partial charge in [-0.2, -0.15) is 11.3 Å². The van der Waals surface area contributed by atoms with Crippen LogP contribution >= 0.6 is 38.9 Å². The van der Waals surface area contributed by atoms with Crippen molar-refractivity contribution in [2.24, 2.45) is 0 Å². The van der Waals surface area contributed by atoms with Crippen molar-refractivity contribution in [3.63, 3.8) is 0 Å². The zero-order chi connectivity index (χ0) is 12.3. The Labute approximate surface area is 119 Å². The zero-order valence-electron chi connectivity index (χ0n) is 9.47. The van der Waals surface area contributed by atoms with E-state index < -0.39 is 0 Å². The first kappa shape index (κ1) is 13.1. The summed E-state index contributed by atoms with van der Waals surface area (Å²) in [5.41, 5.74) is 3.57. The molecule has 1 aromatic heterocycles. The molecule has 2 rings (SSSR count). The third kappa shape index (κ3) is 3.10. The van der Waals surface area contributed by atoms with Crippen molar-refractivity contribution < 1.29 is 0 Å². The summed E-state index contributed by atoms with van der Waals surface area (Å²) in [6.45, 7) is 3.85. The molecule has 0 radical (unpaired) electrons. The minimum atomic E-state index is 0.810. The molecule has 0 fully saturated rings. The number of nitrogens with one attached hydrogen (secondary N) is 1. The second kappa shape index (κ2) is 6.01. The van der Waals surface area contributed by atoms with E-state index in [1.165, 1.54) is 11.1 Å². The van der Waals surface area contributed by atoms with Gasteiger partial charge in [0, 0.05) is 27.0 Å². The molecule has 0 atom stereocenters. The number of halogens is 2. The molecule has 17 heavy (non-hydrogen) atoms. The van der Waals surface area contributed by atoms with Crippen LogP contribution in [0.3, 0.4) is 0 Å². The summed E-state index contributed by atoms with van der Waals surface area (Å²) in [5.74, 6) is 0. The lowest BCUT2D eigenvalue weighted by atomic mass is 10.1. The Hall–Kier alpha value is -0.350. The normalized spacial score (nSPS) is 10.8. The Balaban J connectivity index is 2.34. The first-order chi connectivity index (χ1) is 8.22. The van der Waals surface area contributed by atoms with Gasteiger partial charge < -0.3 is 5.32 Å². The molecular weight excluding hydrogens is 318 g/mol. The highest BCUT2D eigenvalue weighted by Crippen LogP contribution is 2.33. The van der Waals surface area contributed by atoms with Crippen molar-refractivity contribution in [2.75, 3.05) is 6.54 Å². The van der Waals surface area contributed by atoms with E-state index in [-0.39, 0.29) is 0 Å². The molecular formula is C13H13BrClNS. The Morgan fingerprint density at radius 3 is 2.82 bits per heavy atom. The molecule has 0 spiro atoms. The minimum absolute atomic E-state index is 0.810. The lowest BCUT2D eigenvalue weighted by molar-refractivity contribution is 0.727. The fourth-order valence-electron chi connectivity index (χ4n) is 1.62. The van der Waals surface area contributed by atoms with E-state index in [4.69, 9.17) is 11.6 Å². The van der Waals surface area contributed by atoms with Crippen LogP contribution < -0.4 is 5.32 Å². The molecule has 1 aromatic carbocycles. The van der Waals surface area contributed by atoms with E-state index in [0.717, 1.165) is 28.1 Å². The van der Waals surface area contributed by atoms with Crippen LogP contribution in [0.5, 0.6) is 0 Å². The number of hydrogen-bond donors (Lipinski definition) is 1. The summed E-state index contributed by atoms with van der Waals surface area (Å²) in [6, 6.07) is 6.18. The van der Waals surface area contributed by atoms with Crippen molar-refractivity contribution in [3.8, 4) is 11.1 Å². The smallest absolute Gasteiger partial charge is 0.0451 e. The first-order valence-electron chi connectivity index (χ1n) is 5.43. The van der Waals surface area contributed by atoms with Gasteiger partial charge in [-0.05, 0) is 51.1 Å². The van der Waals surface area contributed by atoms with Crippen LogP contribution in [0.2, 0.25) is 5.02 Å². The lowest BCUT2D eigenvalue weighted by Crippen LogP contribution is -2.12. The molecule has 2 aromatic rings. The summed E-state index contributed by atoms with van der Waals surface area (Å²) >= 11 is 11.4. The summed E-state index contributed by atoms with van der Waals surface area (Å²) < 4.78 is 1.14. The van der Waals surface area contributed by atoms with Crippen molar-refractivity contribution in [2.45, 2.75) is 13.5 Å². The van der Waals surface area contributed by atoms with Gasteiger partial charge in [0.2, 0.25) is 0 Å². The highest BCUT2D eigenvalue weighted by molar-refractivity contribution is 9.10. The van der Waals surface area contributed by atoms with E-state index in [9.17, 15) is 0 Å². The van der Waals surface area contributed by atoms with E-state index in [2.05, 4.69) is 51.1 Å². The number of hydrogen-bond acceptors (Lipinski definition) is 2. The van der Waals surface area contributed by atoms with E-state index >= 15 is 0 Å². The molecule has 0 saturated carbocycles. The van der Waals surface area contributed by atoms with E-state index in [0.29, 0.717) is 0 Å². The van der Waals surface area contributed by atoms with Gasteiger partial charge in [-0.15, -0.1) is 0 Å². The molecule has 0 aliphatic heterocycles. The molecule has 1 heterocycles. The third-order valence-corrected chi connectivity index (χ3v) is 4.61. The second-order valence-corrected chi connectivity index (χ2v) is 5.73. The predicted molar refractivity (Wildman–Crippen MR) is 79.8 cm³/mol. The van der Waals surface area contributed by atoms with E-state index in [1.54, 1.807) is 11.3 Å². The van der Waals surface area contributed by atoms with Crippen molar-refractivity contribution in [1.29, 1.82) is 0 Å². The first-order valence-corrected chi connectivity index (χ1v) is 7.55. The molecule has 0 aliphatic carbocycles. The van der Waals surface area contributed by atoms with Gasteiger partial charge in [-0.25, -0.2) is 0 Å². The molecule has 0 bridgehead atoms. The van der Waals surface area contributed by atoms with Crippen molar-refractivity contribution in [3.05, 3.63) is 44.0 Å². The molecule has 1 N–H and O–H groups in total. The molecule has 0 aliphatic rings. The monoisotopic (exact) mass is 329 g/mol. The van der Waals surface area contributed by atoms with Gasteiger partial charge in [0.1, 0.15) is 0 Å². The Morgan fingerprint density at radius 1 is 1.35 bits per heavy atom. The van der Waals surface area contributed by atoms with Gasteiger partial charge in [0.05, 0.1) is 0 Å². The largest absolute Gasteiger partial charge is 0.313 e. The average molecular weight is 331 g/mol. The van der Waals surface area contributed by atoms with Crippen molar-refractivity contribution in [1.82, 2.24) is 5.32 Å². The zero-order valence-corrected chi connectivity index (χ0v) is 12.6. The summed E-state index contributed by atoms with van der Waals surface area (Å²) in [6.07, 6.45) is 0. The maximum atomic E-state index is 6.18. The van der Waals surface area contributed by atoms with E-state index in [1.807, 2.05) is 6.07 Å². The van der Waals surface area contributed by atoms with Crippen LogP contribution in [0.25, 0.3) is 11.1 Å². The third-order valence-electron chi connectivity index (χ3n) is 2.54. The average Bonchev–Trinajstić information content (AvgIpc) is 2.75. The predicted octanol–water partition coefficient (Wildman–Crippen LogP) is 4.94. The van der Waals surface area contributed by atoms with Crippen molar-refractivity contribution >= 4 is 38.9 Å². The number of thiophene rings is 1. The van der Waals surface area contributed by atoms with Gasteiger partial charge in [-0.1, -0.05) is 24.6 Å². The number of benzene rings is 1. The molecule has 0 saturated heterocycles. The van der Waals surface area contributed by atoms with Crippen LogP contribution in [-0.4, -0.2) is 6.54 Å². The summed E-state index contributed by atoms with van der Waals surface area (Å²) in [5, 5.41) is 8.35. The number of rotatable bonds is 4. The maximum Gasteiger partial charge on any atom is 0.0451 e. The van der Waals surface area contributed by atoms with Gasteiger partial charge >= 0.3 is 0 Å². The Bertz CT molecular complexity index is 510. The van der Waals surface area contributed by atoms with Crippen LogP contribution in [0.1, 0.15) is 12.5 Å². The van der Waals surface area contributed by atoms with Gasteiger partial charge in [0.25, 0.3) is 0 Å². The van der Waals surface area contributed by atoms with Crippen LogP contribution in [0.15, 0.2) is 33.4 Å². The second-order valence-electron chi connectivity index (χ2n) is 3.72. The highest BCUT2D eigenvalue weighted by Gasteiger charge is 2.07. The molecule has 0 unspecified atom stereocenters. The maximum absolute atomic E-state index is 6.18. The van der Waals surface area contributed by atoms with Crippen LogP contribution in [0, 0.1) is 0 Å². The standard InChI is InChI=1S/C13H13BrClNS/c1-2-16-6-10-5-9(3-4-13(10)15)11-7-17-8-12(11)14/h3-5,7-8,16H,2,6H2,1H3. The fourth-order valence-corrected chi connectivity index (χ4v) is 3.34. The quantitative estimate of drug-likeness (QED) is 0.837. The van der Waals surface area contributed by atoms with Gasteiger partial charge in [0.15, 0.2) is 0 Å². The highest BCUT2D eigenvalue weighted by atomic mass is 79.9. The topological polar surface area (TPSA) is 12.0 Å². The summed E-state index contributed by atoms with van der Waals surface area (Å²) in [4.78, 5) is 0. The molecule has 1 nitrogen and oxygen atoms in total. The van der Waals surface area contributed by atoms with Gasteiger partial charge in [-0.3, -0.25) is 0 Å². The Morgan fingerprint density at radius 2 is 2.18 bits per heavy atom. The molecule has 90 valence electrons. The minimum Gasteiger partial charge on any atom is -0.313 e. The molecule has 4 heteroatoms. The SMILES string of the molecule is CCNCc1cc(-c2cscc2Br)ccc1Cl.